The van der Waals surface area contributed by atoms with E-state index in [1.54, 1.807) is 13.8 Å². The van der Waals surface area contributed by atoms with E-state index in [4.69, 9.17) is 9.47 Å². The average Bonchev–Trinajstić information content (AvgIpc) is 3.13. The van der Waals surface area contributed by atoms with Gasteiger partial charge >= 0.3 is 6.09 Å². The fraction of sp³-hybridized carbons (Fsp3) is 0.533. The number of amides is 1. The van der Waals surface area contributed by atoms with E-state index in [-0.39, 0.29) is 12.5 Å². The van der Waals surface area contributed by atoms with E-state index < -0.39 is 35.6 Å². The van der Waals surface area contributed by atoms with Gasteiger partial charge in [0.25, 0.3) is 0 Å². The lowest BCUT2D eigenvalue weighted by atomic mass is 9.98. The van der Waals surface area contributed by atoms with Gasteiger partial charge in [-0.05, 0) is 38.0 Å². The van der Waals surface area contributed by atoms with E-state index in [1.807, 2.05) is 0 Å². The van der Waals surface area contributed by atoms with Crippen LogP contribution in [0.1, 0.15) is 19.4 Å². The van der Waals surface area contributed by atoms with Gasteiger partial charge in [0.05, 0.1) is 12.6 Å². The van der Waals surface area contributed by atoms with Crippen molar-refractivity contribution in [2.45, 2.75) is 44.2 Å². The van der Waals surface area contributed by atoms with Crippen molar-refractivity contribution in [1.82, 2.24) is 4.90 Å². The largest absolute Gasteiger partial charge is 0.465 e. The molecule has 120 valence electrons. The van der Waals surface area contributed by atoms with Crippen molar-refractivity contribution in [3.05, 3.63) is 35.4 Å². The molecule has 2 saturated heterocycles. The molecule has 2 aliphatic heterocycles. The first-order valence-corrected chi connectivity index (χ1v) is 7.04. The zero-order valence-corrected chi connectivity index (χ0v) is 12.3. The molecule has 1 amide bonds. The molecule has 1 aromatic rings. The topological polar surface area (TPSA) is 62.3 Å². The molecule has 2 aliphatic rings. The van der Waals surface area contributed by atoms with Crippen molar-refractivity contribution in [2.24, 2.45) is 0 Å². The van der Waals surface area contributed by atoms with Crippen LogP contribution in [-0.2, 0) is 15.9 Å². The summed E-state index contributed by atoms with van der Waals surface area (Å²) in [4.78, 5) is 12.8. The van der Waals surface area contributed by atoms with Crippen LogP contribution in [-0.4, -0.2) is 46.7 Å². The summed E-state index contributed by atoms with van der Waals surface area (Å²) in [7, 11) is 0. The Balaban J connectivity index is 1.91. The zero-order chi connectivity index (χ0) is 16.1. The van der Waals surface area contributed by atoms with Crippen LogP contribution in [0.15, 0.2) is 18.2 Å². The molecule has 0 bridgehead atoms. The molecule has 1 aromatic carbocycles. The van der Waals surface area contributed by atoms with Crippen molar-refractivity contribution in [3.8, 4) is 0 Å². The lowest BCUT2D eigenvalue weighted by molar-refractivity contribution is -0.0715. The molecule has 0 unspecified atom stereocenters. The molecular formula is C15H17F2NO4. The average molecular weight is 313 g/mol. The number of epoxide rings is 1. The van der Waals surface area contributed by atoms with Crippen LogP contribution in [0.2, 0.25) is 0 Å². The number of hydrogen-bond acceptors (Lipinski definition) is 3. The van der Waals surface area contributed by atoms with Gasteiger partial charge in [-0.15, -0.1) is 0 Å². The number of hydrogen-bond donors (Lipinski definition) is 1. The lowest BCUT2D eigenvalue weighted by Crippen LogP contribution is -2.48. The van der Waals surface area contributed by atoms with Crippen LogP contribution in [0.25, 0.3) is 0 Å². The minimum atomic E-state index is -1.13. The molecule has 0 aromatic heterocycles. The van der Waals surface area contributed by atoms with Crippen molar-refractivity contribution in [2.75, 3.05) is 6.61 Å². The zero-order valence-electron chi connectivity index (χ0n) is 12.3. The molecule has 0 aliphatic carbocycles. The van der Waals surface area contributed by atoms with Gasteiger partial charge in [-0.25, -0.2) is 13.6 Å². The normalized spacial score (nSPS) is 29.6. The predicted molar refractivity (Wildman–Crippen MR) is 72.4 cm³/mol. The maximum absolute atomic E-state index is 13.4. The van der Waals surface area contributed by atoms with E-state index in [9.17, 15) is 18.7 Å². The Morgan fingerprint density at radius 3 is 2.45 bits per heavy atom. The highest BCUT2D eigenvalue weighted by Gasteiger charge is 2.55. The van der Waals surface area contributed by atoms with Gasteiger partial charge in [-0.2, -0.15) is 0 Å². The minimum absolute atomic E-state index is 0.162. The lowest BCUT2D eigenvalue weighted by Gasteiger charge is -2.31. The Morgan fingerprint density at radius 1 is 1.36 bits per heavy atom. The molecule has 1 N–H and O–H groups in total. The molecule has 2 fully saturated rings. The molecule has 2 heterocycles. The maximum atomic E-state index is 13.4. The van der Waals surface area contributed by atoms with Gasteiger partial charge in [0, 0.05) is 6.07 Å². The Kier molecular flexibility index (Phi) is 3.57. The Morgan fingerprint density at radius 2 is 1.95 bits per heavy atom. The number of carboxylic acid groups (broad SMARTS) is 1. The van der Waals surface area contributed by atoms with Crippen LogP contribution >= 0.6 is 0 Å². The van der Waals surface area contributed by atoms with E-state index in [1.165, 1.54) is 17.0 Å². The molecule has 3 rings (SSSR count). The standard InChI is InChI=1S/C15H17F2NO4/c1-15(2)18(14(19)20)11(13(22-15)12-7-21-12)5-8-3-9(16)6-10(17)4-8/h3-4,6,11-13H,5,7H2,1-2H3,(H,19,20)/t11-,12-,13+/m0/s1. The maximum Gasteiger partial charge on any atom is 0.409 e. The van der Waals surface area contributed by atoms with Crippen molar-refractivity contribution in [3.63, 3.8) is 0 Å². The molecule has 5 nitrogen and oxygen atoms in total. The Bertz CT molecular complexity index is 583. The molecule has 3 atom stereocenters. The summed E-state index contributed by atoms with van der Waals surface area (Å²) in [6.07, 6.45) is -1.59. The predicted octanol–water partition coefficient (Wildman–Crippen LogP) is 2.39. The number of carbonyl (C=O) groups is 1. The van der Waals surface area contributed by atoms with E-state index in [2.05, 4.69) is 0 Å². The Hall–Kier alpha value is -1.73. The molecule has 0 radical (unpaired) electrons. The highest BCUT2D eigenvalue weighted by molar-refractivity contribution is 5.67. The molecule has 22 heavy (non-hydrogen) atoms. The summed E-state index contributed by atoms with van der Waals surface area (Å²) < 4.78 is 37.8. The van der Waals surface area contributed by atoms with E-state index in [0.717, 1.165) is 6.07 Å². The van der Waals surface area contributed by atoms with Crippen LogP contribution in [0.5, 0.6) is 0 Å². The fourth-order valence-electron chi connectivity index (χ4n) is 3.13. The number of halogens is 2. The van der Waals surface area contributed by atoms with E-state index in [0.29, 0.717) is 12.2 Å². The number of benzene rings is 1. The van der Waals surface area contributed by atoms with Gasteiger partial charge in [-0.1, -0.05) is 0 Å². The Labute approximate surface area is 126 Å². The van der Waals surface area contributed by atoms with Gasteiger partial charge in [0.1, 0.15) is 29.6 Å². The number of rotatable bonds is 3. The van der Waals surface area contributed by atoms with Crippen molar-refractivity contribution < 1.29 is 28.2 Å². The third-order valence-corrected chi connectivity index (χ3v) is 4.01. The number of nitrogens with zero attached hydrogens (tertiary/aromatic N) is 1. The summed E-state index contributed by atoms with van der Waals surface area (Å²) in [5.41, 5.74) is -0.625. The summed E-state index contributed by atoms with van der Waals surface area (Å²) in [6.45, 7) is 3.81. The minimum Gasteiger partial charge on any atom is -0.465 e. The number of ether oxygens (including phenoxy) is 2. The SMILES string of the molecule is CC1(C)O[C@@H]([C@@H]2CO2)[C@H](Cc2cc(F)cc(F)c2)N1C(=O)O. The van der Waals surface area contributed by atoms with Crippen LogP contribution in [0.3, 0.4) is 0 Å². The van der Waals surface area contributed by atoms with Gasteiger partial charge in [0.15, 0.2) is 0 Å². The van der Waals surface area contributed by atoms with Gasteiger partial charge in [0.2, 0.25) is 0 Å². The monoisotopic (exact) mass is 313 g/mol. The third kappa shape index (κ3) is 2.78. The third-order valence-electron chi connectivity index (χ3n) is 4.01. The molecule has 0 spiro atoms. The summed E-state index contributed by atoms with van der Waals surface area (Å²) in [5, 5.41) is 9.48. The fourth-order valence-corrected chi connectivity index (χ4v) is 3.13. The van der Waals surface area contributed by atoms with Gasteiger partial charge in [-0.3, -0.25) is 4.90 Å². The van der Waals surface area contributed by atoms with Crippen LogP contribution < -0.4 is 0 Å². The first-order chi connectivity index (χ1) is 10.3. The molecule has 7 heteroatoms. The smallest absolute Gasteiger partial charge is 0.409 e. The highest BCUT2D eigenvalue weighted by Crippen LogP contribution is 2.39. The second-order valence-corrected chi connectivity index (χ2v) is 6.10. The van der Waals surface area contributed by atoms with Gasteiger partial charge < -0.3 is 14.6 Å². The first kappa shape index (κ1) is 15.2. The first-order valence-electron chi connectivity index (χ1n) is 7.04. The van der Waals surface area contributed by atoms with Crippen LogP contribution in [0, 0.1) is 11.6 Å². The second kappa shape index (κ2) is 5.17. The quantitative estimate of drug-likeness (QED) is 0.870. The van der Waals surface area contributed by atoms with E-state index >= 15 is 0 Å². The van der Waals surface area contributed by atoms with Crippen molar-refractivity contribution >= 4 is 6.09 Å². The molecule has 0 saturated carbocycles. The van der Waals surface area contributed by atoms with Crippen LogP contribution in [0.4, 0.5) is 13.6 Å². The second-order valence-electron chi connectivity index (χ2n) is 6.10. The summed E-state index contributed by atoms with van der Waals surface area (Å²) in [6, 6.07) is 2.65. The molecular weight excluding hydrogens is 296 g/mol. The summed E-state index contributed by atoms with van der Waals surface area (Å²) in [5.74, 6) is -1.37. The summed E-state index contributed by atoms with van der Waals surface area (Å²) >= 11 is 0. The highest BCUT2D eigenvalue weighted by atomic mass is 19.1. The van der Waals surface area contributed by atoms with Crippen molar-refractivity contribution in [1.29, 1.82) is 0 Å².